The smallest absolute Gasteiger partial charge is 0.186 e. The Labute approximate surface area is 82.0 Å². The molecule has 1 aromatic rings. The van der Waals surface area contributed by atoms with Crippen molar-refractivity contribution in [3.63, 3.8) is 0 Å². The summed E-state index contributed by atoms with van der Waals surface area (Å²) in [6.45, 7) is 0.458. The predicted molar refractivity (Wildman–Crippen MR) is 54.6 cm³/mol. The summed E-state index contributed by atoms with van der Waals surface area (Å²) in [5.41, 5.74) is 1.41. The summed E-state index contributed by atoms with van der Waals surface area (Å²) >= 11 is 1.68. The van der Waals surface area contributed by atoms with Crippen LogP contribution < -0.4 is 5.32 Å². The van der Waals surface area contributed by atoms with Crippen LogP contribution in [0.3, 0.4) is 0 Å². The fourth-order valence-corrected chi connectivity index (χ4v) is 2.91. The van der Waals surface area contributed by atoms with Gasteiger partial charge in [-0.05, 0) is 37.9 Å². The third kappa shape index (κ3) is 1.67. The zero-order chi connectivity index (χ0) is 9.26. The SMILES string of the molecule is CNCC(=O)c1cc2c(s1)CCC2. The van der Waals surface area contributed by atoms with Gasteiger partial charge in [0.05, 0.1) is 11.4 Å². The van der Waals surface area contributed by atoms with E-state index in [0.29, 0.717) is 6.54 Å². The fraction of sp³-hybridized carbons (Fsp3) is 0.500. The normalized spacial score (nSPS) is 14.5. The average molecular weight is 195 g/mol. The molecule has 1 aromatic heterocycles. The molecule has 0 unspecified atom stereocenters. The second-order valence-corrected chi connectivity index (χ2v) is 4.50. The third-order valence-electron chi connectivity index (χ3n) is 2.36. The van der Waals surface area contributed by atoms with Crippen LogP contribution in [0.15, 0.2) is 6.07 Å². The molecular weight excluding hydrogens is 182 g/mol. The molecule has 0 saturated carbocycles. The molecular formula is C10H13NOS. The van der Waals surface area contributed by atoms with Gasteiger partial charge in [-0.15, -0.1) is 11.3 Å². The van der Waals surface area contributed by atoms with Crippen molar-refractivity contribution in [1.29, 1.82) is 0 Å². The number of Topliss-reactive ketones (excluding diaryl/α,β-unsaturated/α-hetero) is 1. The van der Waals surface area contributed by atoms with Crippen LogP contribution in [0.25, 0.3) is 0 Å². The molecule has 0 atom stereocenters. The zero-order valence-corrected chi connectivity index (χ0v) is 8.54. The average Bonchev–Trinajstić information content (AvgIpc) is 2.61. The van der Waals surface area contributed by atoms with Gasteiger partial charge in [0, 0.05) is 4.88 Å². The Balaban J connectivity index is 2.18. The highest BCUT2D eigenvalue weighted by atomic mass is 32.1. The number of likely N-dealkylation sites (N-methyl/N-ethyl adjacent to an activating group) is 1. The lowest BCUT2D eigenvalue weighted by Crippen LogP contribution is -2.17. The molecule has 1 N–H and O–H groups in total. The van der Waals surface area contributed by atoms with E-state index in [1.54, 1.807) is 18.4 Å². The summed E-state index contributed by atoms with van der Waals surface area (Å²) in [6.07, 6.45) is 3.60. The number of nitrogens with one attached hydrogen (secondary N) is 1. The Morgan fingerprint density at radius 1 is 1.62 bits per heavy atom. The zero-order valence-electron chi connectivity index (χ0n) is 7.72. The Kier molecular flexibility index (Phi) is 2.47. The Morgan fingerprint density at radius 3 is 3.15 bits per heavy atom. The van der Waals surface area contributed by atoms with Crippen LogP contribution in [0, 0.1) is 0 Å². The second-order valence-electron chi connectivity index (χ2n) is 3.37. The van der Waals surface area contributed by atoms with Gasteiger partial charge in [-0.2, -0.15) is 0 Å². The maximum absolute atomic E-state index is 11.5. The molecule has 0 aromatic carbocycles. The number of rotatable bonds is 3. The monoisotopic (exact) mass is 195 g/mol. The second kappa shape index (κ2) is 3.60. The number of ketones is 1. The molecule has 70 valence electrons. The summed E-state index contributed by atoms with van der Waals surface area (Å²) in [5.74, 6) is 0.224. The number of hydrogen-bond acceptors (Lipinski definition) is 3. The van der Waals surface area contributed by atoms with Gasteiger partial charge in [-0.25, -0.2) is 0 Å². The first-order valence-electron chi connectivity index (χ1n) is 4.60. The van der Waals surface area contributed by atoms with Crippen LogP contribution in [0.2, 0.25) is 0 Å². The summed E-state index contributed by atoms with van der Waals surface area (Å²) < 4.78 is 0. The number of hydrogen-bond donors (Lipinski definition) is 1. The quantitative estimate of drug-likeness (QED) is 0.743. The van der Waals surface area contributed by atoms with E-state index in [9.17, 15) is 4.79 Å². The van der Waals surface area contributed by atoms with Crippen molar-refractivity contribution in [3.05, 3.63) is 21.4 Å². The van der Waals surface area contributed by atoms with E-state index >= 15 is 0 Å². The minimum atomic E-state index is 0.224. The third-order valence-corrected chi connectivity index (χ3v) is 3.64. The van der Waals surface area contributed by atoms with Crippen LogP contribution in [-0.4, -0.2) is 19.4 Å². The van der Waals surface area contributed by atoms with Gasteiger partial charge in [0.1, 0.15) is 0 Å². The van der Waals surface area contributed by atoms with Crippen LogP contribution in [0.5, 0.6) is 0 Å². The highest BCUT2D eigenvalue weighted by Crippen LogP contribution is 2.30. The van der Waals surface area contributed by atoms with Gasteiger partial charge in [-0.1, -0.05) is 0 Å². The van der Waals surface area contributed by atoms with Gasteiger partial charge in [0.25, 0.3) is 0 Å². The molecule has 0 fully saturated rings. The van der Waals surface area contributed by atoms with Crippen LogP contribution in [0.1, 0.15) is 26.5 Å². The topological polar surface area (TPSA) is 29.1 Å². The minimum absolute atomic E-state index is 0.224. The van der Waals surface area contributed by atoms with Crippen molar-refractivity contribution in [2.75, 3.05) is 13.6 Å². The van der Waals surface area contributed by atoms with Gasteiger partial charge in [-0.3, -0.25) is 4.79 Å². The van der Waals surface area contributed by atoms with E-state index in [2.05, 4.69) is 11.4 Å². The molecule has 0 saturated heterocycles. The standard InChI is InChI=1S/C10H13NOS/c1-11-6-8(12)10-5-7-3-2-4-9(7)13-10/h5,11H,2-4,6H2,1H3. The van der Waals surface area contributed by atoms with Gasteiger partial charge in [0.2, 0.25) is 0 Å². The molecule has 1 heterocycles. The Bertz CT molecular complexity index is 308. The molecule has 0 aliphatic heterocycles. The summed E-state index contributed by atoms with van der Waals surface area (Å²) in [6, 6.07) is 2.08. The van der Waals surface area contributed by atoms with Crippen molar-refractivity contribution < 1.29 is 4.79 Å². The lowest BCUT2D eigenvalue weighted by molar-refractivity contribution is 0.0997. The molecule has 13 heavy (non-hydrogen) atoms. The first-order chi connectivity index (χ1) is 6.31. The molecule has 2 nitrogen and oxygen atoms in total. The Hall–Kier alpha value is -0.670. The minimum Gasteiger partial charge on any atom is -0.313 e. The molecule has 0 radical (unpaired) electrons. The first-order valence-corrected chi connectivity index (χ1v) is 5.42. The van der Waals surface area contributed by atoms with E-state index < -0.39 is 0 Å². The van der Waals surface area contributed by atoms with E-state index in [1.165, 1.54) is 29.7 Å². The van der Waals surface area contributed by atoms with Gasteiger partial charge in [0.15, 0.2) is 5.78 Å². The molecule has 2 rings (SSSR count). The predicted octanol–water partition coefficient (Wildman–Crippen LogP) is 1.64. The molecule has 0 amide bonds. The highest BCUT2D eigenvalue weighted by Gasteiger charge is 2.17. The maximum atomic E-state index is 11.5. The van der Waals surface area contributed by atoms with Gasteiger partial charge >= 0.3 is 0 Å². The lowest BCUT2D eigenvalue weighted by Gasteiger charge is -1.94. The number of carbonyl (C=O) groups is 1. The molecule has 1 aliphatic carbocycles. The van der Waals surface area contributed by atoms with Crippen molar-refractivity contribution in [3.8, 4) is 0 Å². The van der Waals surface area contributed by atoms with E-state index in [1.807, 2.05) is 0 Å². The van der Waals surface area contributed by atoms with Crippen molar-refractivity contribution in [2.24, 2.45) is 0 Å². The molecule has 3 heteroatoms. The van der Waals surface area contributed by atoms with Crippen molar-refractivity contribution in [1.82, 2.24) is 5.32 Å². The molecule has 1 aliphatic rings. The summed E-state index contributed by atoms with van der Waals surface area (Å²) in [5, 5.41) is 2.89. The van der Waals surface area contributed by atoms with Crippen LogP contribution >= 0.6 is 11.3 Å². The summed E-state index contributed by atoms with van der Waals surface area (Å²) in [7, 11) is 1.80. The number of fused-ring (bicyclic) bond motifs is 1. The Morgan fingerprint density at radius 2 is 2.46 bits per heavy atom. The van der Waals surface area contributed by atoms with E-state index in [0.717, 1.165) is 4.88 Å². The fourth-order valence-electron chi connectivity index (χ4n) is 1.71. The van der Waals surface area contributed by atoms with Crippen molar-refractivity contribution in [2.45, 2.75) is 19.3 Å². The van der Waals surface area contributed by atoms with E-state index in [-0.39, 0.29) is 5.78 Å². The number of aryl methyl sites for hydroxylation is 2. The number of thiophene rings is 1. The highest BCUT2D eigenvalue weighted by molar-refractivity contribution is 7.14. The summed E-state index contributed by atoms with van der Waals surface area (Å²) in [4.78, 5) is 13.9. The molecule has 0 spiro atoms. The molecule has 0 bridgehead atoms. The largest absolute Gasteiger partial charge is 0.313 e. The van der Waals surface area contributed by atoms with Crippen LogP contribution in [-0.2, 0) is 12.8 Å². The maximum Gasteiger partial charge on any atom is 0.186 e. The van der Waals surface area contributed by atoms with Crippen molar-refractivity contribution >= 4 is 17.1 Å². The van der Waals surface area contributed by atoms with Crippen LogP contribution in [0.4, 0.5) is 0 Å². The first kappa shape index (κ1) is 8.91. The lowest BCUT2D eigenvalue weighted by atomic mass is 10.2. The van der Waals surface area contributed by atoms with E-state index in [4.69, 9.17) is 0 Å². The van der Waals surface area contributed by atoms with Gasteiger partial charge < -0.3 is 5.32 Å². The number of carbonyl (C=O) groups excluding carboxylic acids is 1.